The highest BCUT2D eigenvalue weighted by atomic mass is 19.4. The molecule has 0 aromatic heterocycles. The van der Waals surface area contributed by atoms with Gasteiger partial charge in [-0.15, -0.1) is 0 Å². The zero-order chi connectivity index (χ0) is 12.1. The Hall–Kier alpha value is -0.530. The van der Waals surface area contributed by atoms with Crippen LogP contribution in [0.15, 0.2) is 0 Å². The van der Waals surface area contributed by atoms with Gasteiger partial charge in [0.1, 0.15) is 0 Å². The van der Waals surface area contributed by atoms with Gasteiger partial charge in [0.15, 0.2) is 0 Å². The second-order valence-corrected chi connectivity index (χ2v) is 3.56. The molecule has 15 heavy (non-hydrogen) atoms. The third-order valence-electron chi connectivity index (χ3n) is 2.32. The minimum absolute atomic E-state index is 0.157. The van der Waals surface area contributed by atoms with Crippen molar-refractivity contribution in [1.82, 2.24) is 0 Å². The van der Waals surface area contributed by atoms with Crippen molar-refractivity contribution in [2.45, 2.75) is 36.9 Å². The predicted molar refractivity (Wildman–Crippen MR) is 36.6 cm³/mol. The lowest BCUT2D eigenvalue weighted by molar-refractivity contribution is -0.359. The van der Waals surface area contributed by atoms with Gasteiger partial charge in [-0.1, -0.05) is 0 Å². The van der Waals surface area contributed by atoms with Crippen LogP contribution in [0.3, 0.4) is 0 Å². The Morgan fingerprint density at radius 2 is 1.33 bits per heavy atom. The molecule has 0 aromatic carbocycles. The largest absolute Gasteiger partial charge is 0.459 e. The van der Waals surface area contributed by atoms with Crippen LogP contribution in [0.5, 0.6) is 0 Å². The van der Waals surface area contributed by atoms with E-state index in [1.165, 1.54) is 0 Å². The van der Waals surface area contributed by atoms with Crippen molar-refractivity contribution >= 4 is 0 Å². The first-order valence-corrected chi connectivity index (χ1v) is 4.09. The Morgan fingerprint density at radius 3 is 1.60 bits per heavy atom. The lowest BCUT2D eigenvalue weighted by atomic mass is 9.99. The average Bonchev–Trinajstić information content (AvgIpc) is 2.82. The van der Waals surface area contributed by atoms with Crippen LogP contribution in [0.1, 0.15) is 12.8 Å². The van der Waals surface area contributed by atoms with Crippen molar-refractivity contribution in [1.29, 1.82) is 0 Å². The number of halogens is 7. The number of rotatable bonds is 3. The Labute approximate surface area is 80.4 Å². The van der Waals surface area contributed by atoms with Gasteiger partial charge in [0.05, 0.1) is 6.04 Å². The molecule has 0 aromatic rings. The maximum atomic E-state index is 12.8. The molecular weight excluding hydrogens is 231 g/mol. The SMILES string of the molecule is N[C@H](C1CC1)C(F)(F)C(F)(F)C(F)(F)F. The number of hydrogen-bond acceptors (Lipinski definition) is 1. The maximum absolute atomic E-state index is 12.8. The number of nitrogens with two attached hydrogens (primary N) is 1. The van der Waals surface area contributed by atoms with Gasteiger partial charge >= 0.3 is 18.0 Å². The summed E-state index contributed by atoms with van der Waals surface area (Å²) in [5, 5.41) is 0. The number of alkyl halides is 7. The molecule has 0 unspecified atom stereocenters. The molecule has 1 nitrogen and oxygen atoms in total. The van der Waals surface area contributed by atoms with Gasteiger partial charge in [-0.3, -0.25) is 0 Å². The zero-order valence-corrected chi connectivity index (χ0v) is 7.29. The molecule has 0 saturated heterocycles. The van der Waals surface area contributed by atoms with Gasteiger partial charge in [0, 0.05) is 0 Å². The highest BCUT2D eigenvalue weighted by Crippen LogP contribution is 2.51. The summed E-state index contributed by atoms with van der Waals surface area (Å²) in [5.74, 6) is -12.3. The first-order valence-electron chi connectivity index (χ1n) is 4.09. The van der Waals surface area contributed by atoms with Crippen LogP contribution >= 0.6 is 0 Å². The fourth-order valence-corrected chi connectivity index (χ4v) is 1.15. The standard InChI is InChI=1S/C7H8F7N/c8-5(9,4(15)3-1-2-3)6(10,11)7(12,13)14/h3-4H,1-2,15H2/t4-/m1/s1. The van der Waals surface area contributed by atoms with Gasteiger partial charge in [-0.05, 0) is 18.8 Å². The summed E-state index contributed by atoms with van der Waals surface area (Å²) in [7, 11) is 0. The molecular formula is C7H8F7N. The van der Waals surface area contributed by atoms with E-state index >= 15 is 0 Å². The Morgan fingerprint density at radius 1 is 0.933 bits per heavy atom. The van der Waals surface area contributed by atoms with Crippen LogP contribution in [0.4, 0.5) is 30.7 Å². The molecule has 1 saturated carbocycles. The quantitative estimate of drug-likeness (QED) is 0.752. The van der Waals surface area contributed by atoms with Crippen molar-refractivity contribution in [3.05, 3.63) is 0 Å². The molecule has 90 valence electrons. The van der Waals surface area contributed by atoms with Gasteiger partial charge < -0.3 is 5.73 Å². The van der Waals surface area contributed by atoms with Gasteiger partial charge in [-0.2, -0.15) is 30.7 Å². The molecule has 0 bridgehead atoms. The molecule has 1 aliphatic carbocycles. The Bertz CT molecular complexity index is 242. The molecule has 0 spiro atoms. The van der Waals surface area contributed by atoms with Gasteiger partial charge in [0.2, 0.25) is 0 Å². The summed E-state index contributed by atoms with van der Waals surface area (Å²) in [6.45, 7) is 0. The summed E-state index contributed by atoms with van der Waals surface area (Å²) in [6, 6.07) is -2.45. The van der Waals surface area contributed by atoms with Crippen LogP contribution in [-0.4, -0.2) is 24.1 Å². The topological polar surface area (TPSA) is 26.0 Å². The van der Waals surface area contributed by atoms with Crippen molar-refractivity contribution < 1.29 is 30.7 Å². The zero-order valence-electron chi connectivity index (χ0n) is 7.29. The second kappa shape index (κ2) is 3.23. The molecule has 1 atom stereocenters. The van der Waals surface area contributed by atoms with E-state index in [1.807, 2.05) is 0 Å². The Balaban J connectivity index is 2.92. The van der Waals surface area contributed by atoms with E-state index in [-0.39, 0.29) is 12.8 Å². The molecule has 0 radical (unpaired) electrons. The molecule has 1 aliphatic rings. The highest BCUT2D eigenvalue weighted by molar-refractivity contribution is 5.03. The van der Waals surface area contributed by atoms with E-state index in [4.69, 9.17) is 5.73 Å². The van der Waals surface area contributed by atoms with Crippen molar-refractivity contribution in [2.24, 2.45) is 11.7 Å². The van der Waals surface area contributed by atoms with Crippen molar-refractivity contribution in [3.8, 4) is 0 Å². The molecule has 0 amide bonds. The Kier molecular flexibility index (Phi) is 2.70. The summed E-state index contributed by atoms with van der Waals surface area (Å²) >= 11 is 0. The van der Waals surface area contributed by atoms with Crippen LogP contribution in [0.25, 0.3) is 0 Å². The molecule has 2 N–H and O–H groups in total. The third kappa shape index (κ3) is 1.91. The lowest BCUT2D eigenvalue weighted by Gasteiger charge is -2.32. The predicted octanol–water partition coefficient (Wildman–Crippen LogP) is 2.56. The fourth-order valence-electron chi connectivity index (χ4n) is 1.15. The van der Waals surface area contributed by atoms with Crippen LogP contribution in [0.2, 0.25) is 0 Å². The van der Waals surface area contributed by atoms with Crippen LogP contribution in [0, 0.1) is 5.92 Å². The highest BCUT2D eigenvalue weighted by Gasteiger charge is 2.75. The van der Waals surface area contributed by atoms with Gasteiger partial charge in [-0.25, -0.2) is 0 Å². The number of hydrogen-bond donors (Lipinski definition) is 1. The second-order valence-electron chi connectivity index (χ2n) is 3.56. The first-order chi connectivity index (χ1) is 6.52. The van der Waals surface area contributed by atoms with Crippen LogP contribution < -0.4 is 5.73 Å². The minimum Gasteiger partial charge on any atom is -0.322 e. The smallest absolute Gasteiger partial charge is 0.322 e. The third-order valence-corrected chi connectivity index (χ3v) is 2.32. The molecule has 8 heteroatoms. The fraction of sp³-hybridized carbons (Fsp3) is 1.00. The summed E-state index contributed by atoms with van der Waals surface area (Å²) < 4.78 is 85.4. The molecule has 1 rings (SSSR count). The van der Waals surface area contributed by atoms with E-state index in [0.717, 1.165) is 0 Å². The molecule has 1 fully saturated rings. The maximum Gasteiger partial charge on any atom is 0.459 e. The minimum atomic E-state index is -6.29. The van der Waals surface area contributed by atoms with E-state index in [2.05, 4.69) is 0 Å². The van der Waals surface area contributed by atoms with Crippen molar-refractivity contribution in [2.75, 3.05) is 0 Å². The van der Waals surface area contributed by atoms with E-state index in [1.54, 1.807) is 0 Å². The first kappa shape index (κ1) is 12.5. The van der Waals surface area contributed by atoms with E-state index in [0.29, 0.717) is 0 Å². The summed E-state index contributed by atoms with van der Waals surface area (Å²) in [6.07, 6.45) is -5.97. The normalized spacial score (nSPS) is 21.6. The monoisotopic (exact) mass is 239 g/mol. The lowest BCUT2D eigenvalue weighted by Crippen LogP contribution is -2.61. The molecule has 0 heterocycles. The van der Waals surface area contributed by atoms with E-state index < -0.39 is 30.0 Å². The summed E-state index contributed by atoms with van der Waals surface area (Å²) in [5.41, 5.74) is 4.71. The van der Waals surface area contributed by atoms with E-state index in [9.17, 15) is 30.7 Å². The van der Waals surface area contributed by atoms with Crippen LogP contribution in [-0.2, 0) is 0 Å². The average molecular weight is 239 g/mol. The summed E-state index contributed by atoms with van der Waals surface area (Å²) in [4.78, 5) is 0. The van der Waals surface area contributed by atoms with Crippen molar-refractivity contribution in [3.63, 3.8) is 0 Å². The van der Waals surface area contributed by atoms with Gasteiger partial charge in [0.25, 0.3) is 0 Å². The molecule has 0 aliphatic heterocycles.